The third kappa shape index (κ3) is 2.16. The summed E-state index contributed by atoms with van der Waals surface area (Å²) in [5.41, 5.74) is 2.27. The number of hydrogen-bond acceptors (Lipinski definition) is 2. The summed E-state index contributed by atoms with van der Waals surface area (Å²) in [7, 11) is 0. The zero-order valence-electron chi connectivity index (χ0n) is 9.67. The number of allylic oxidation sites excluding steroid dienone is 2. The smallest absolute Gasteiger partial charge is 0.264 e. The van der Waals surface area contributed by atoms with Gasteiger partial charge in [-0.2, -0.15) is 0 Å². The highest BCUT2D eigenvalue weighted by Crippen LogP contribution is 2.30. The number of thiocarbonyl (C=S) groups is 1. The third-order valence-electron chi connectivity index (χ3n) is 3.09. The molecule has 18 heavy (non-hydrogen) atoms. The Morgan fingerprint density at radius 1 is 1.44 bits per heavy atom. The minimum Gasteiger partial charge on any atom is -0.461 e. The molecule has 1 aromatic carbocycles. The van der Waals surface area contributed by atoms with E-state index in [1.165, 1.54) is 0 Å². The Morgan fingerprint density at radius 3 is 3.17 bits per heavy atom. The lowest BCUT2D eigenvalue weighted by molar-refractivity contribution is 0.257. The maximum absolute atomic E-state index is 6.00. The van der Waals surface area contributed by atoms with Crippen molar-refractivity contribution in [1.82, 2.24) is 4.90 Å². The zero-order valence-corrected chi connectivity index (χ0v) is 11.2. The molecule has 3 rings (SSSR count). The molecular formula is C14H12ClNOS. The molecule has 0 N–H and O–H groups in total. The quantitative estimate of drug-likeness (QED) is 0.766. The number of benzene rings is 1. The van der Waals surface area contributed by atoms with Crippen LogP contribution in [0.15, 0.2) is 48.2 Å². The van der Waals surface area contributed by atoms with Crippen LogP contribution in [-0.4, -0.2) is 16.2 Å². The van der Waals surface area contributed by atoms with Gasteiger partial charge < -0.3 is 4.74 Å². The molecular weight excluding hydrogens is 266 g/mol. The minimum absolute atomic E-state index is 0.0849. The van der Waals surface area contributed by atoms with Gasteiger partial charge in [0.2, 0.25) is 0 Å². The molecule has 1 aliphatic heterocycles. The minimum atomic E-state index is 0.0849. The number of ether oxygens (including phenoxy) is 1. The van der Waals surface area contributed by atoms with E-state index in [1.54, 1.807) is 0 Å². The van der Waals surface area contributed by atoms with Crippen LogP contribution in [0.3, 0.4) is 0 Å². The van der Waals surface area contributed by atoms with Crippen molar-refractivity contribution in [3.8, 4) is 0 Å². The molecule has 1 atom stereocenters. The van der Waals surface area contributed by atoms with Crippen LogP contribution >= 0.6 is 23.8 Å². The average molecular weight is 278 g/mol. The lowest BCUT2D eigenvalue weighted by Gasteiger charge is -2.19. The maximum Gasteiger partial charge on any atom is 0.264 e. The van der Waals surface area contributed by atoms with Crippen molar-refractivity contribution in [2.45, 2.75) is 19.1 Å². The van der Waals surface area contributed by atoms with Crippen LogP contribution in [0.5, 0.6) is 0 Å². The summed E-state index contributed by atoms with van der Waals surface area (Å²) in [5, 5.41) is 1.29. The van der Waals surface area contributed by atoms with Crippen LogP contribution in [0.1, 0.15) is 12.0 Å². The SMILES string of the molecule is S=C1OC2CC=CC=C2N1Cc1cccc(Cl)c1. The van der Waals surface area contributed by atoms with Crippen molar-refractivity contribution >= 4 is 29.0 Å². The summed E-state index contributed by atoms with van der Waals surface area (Å²) in [6, 6.07) is 7.82. The first-order valence-electron chi connectivity index (χ1n) is 5.83. The molecule has 2 aliphatic rings. The molecule has 2 nitrogen and oxygen atoms in total. The molecule has 0 bridgehead atoms. The Hall–Kier alpha value is -1.32. The normalized spacial score (nSPS) is 21.6. The van der Waals surface area contributed by atoms with Crippen LogP contribution < -0.4 is 0 Å². The Morgan fingerprint density at radius 2 is 2.33 bits per heavy atom. The van der Waals surface area contributed by atoms with Gasteiger partial charge in [-0.15, -0.1) is 0 Å². The molecule has 0 saturated carbocycles. The number of fused-ring (bicyclic) bond motifs is 1. The van der Waals surface area contributed by atoms with Gasteiger partial charge in [-0.1, -0.05) is 35.9 Å². The van der Waals surface area contributed by atoms with Crippen molar-refractivity contribution in [2.75, 3.05) is 0 Å². The average Bonchev–Trinajstić information content (AvgIpc) is 2.66. The van der Waals surface area contributed by atoms with Gasteiger partial charge in [-0.25, -0.2) is 0 Å². The first-order valence-corrected chi connectivity index (χ1v) is 6.62. The predicted octanol–water partition coefficient (Wildman–Crippen LogP) is 3.67. The number of nitrogens with zero attached hydrogens (tertiary/aromatic N) is 1. The second kappa shape index (κ2) is 4.75. The van der Waals surface area contributed by atoms with Gasteiger partial charge in [0.1, 0.15) is 6.10 Å². The van der Waals surface area contributed by atoms with Crippen LogP contribution in [0, 0.1) is 0 Å². The summed E-state index contributed by atoms with van der Waals surface area (Å²) < 4.78 is 5.69. The predicted molar refractivity (Wildman–Crippen MR) is 76.3 cm³/mol. The van der Waals surface area contributed by atoms with Gasteiger partial charge in [0.15, 0.2) is 0 Å². The summed E-state index contributed by atoms with van der Waals surface area (Å²) in [6.07, 6.45) is 7.19. The Balaban J connectivity index is 1.85. The van der Waals surface area contributed by atoms with Crippen LogP contribution in [0.4, 0.5) is 0 Å². The molecule has 1 saturated heterocycles. The highest BCUT2D eigenvalue weighted by Gasteiger charge is 2.33. The molecule has 0 spiro atoms. The molecule has 0 radical (unpaired) electrons. The number of rotatable bonds is 2. The van der Waals surface area contributed by atoms with Crippen molar-refractivity contribution in [3.63, 3.8) is 0 Å². The van der Waals surface area contributed by atoms with Gasteiger partial charge in [-0.3, -0.25) is 4.90 Å². The lowest BCUT2D eigenvalue weighted by atomic mass is 10.1. The van der Waals surface area contributed by atoms with E-state index >= 15 is 0 Å². The van der Waals surface area contributed by atoms with Gasteiger partial charge in [0.25, 0.3) is 5.17 Å². The Kier molecular flexibility index (Phi) is 3.10. The van der Waals surface area contributed by atoms with Crippen molar-refractivity contribution in [2.24, 2.45) is 0 Å². The van der Waals surface area contributed by atoms with Gasteiger partial charge >= 0.3 is 0 Å². The Labute approximate surface area is 116 Å². The molecule has 1 unspecified atom stereocenters. The standard InChI is InChI=1S/C14H12ClNOS/c15-11-5-3-4-10(8-11)9-16-12-6-1-2-7-13(12)17-14(16)18/h1-6,8,13H,7,9H2. The zero-order chi connectivity index (χ0) is 12.5. The molecule has 4 heteroatoms. The van der Waals surface area contributed by atoms with E-state index in [1.807, 2.05) is 35.2 Å². The monoisotopic (exact) mass is 277 g/mol. The lowest BCUT2D eigenvalue weighted by Crippen LogP contribution is -2.23. The number of hydrogen-bond donors (Lipinski definition) is 0. The number of halogens is 1. The van der Waals surface area contributed by atoms with E-state index in [-0.39, 0.29) is 6.10 Å². The van der Waals surface area contributed by atoms with Crippen LogP contribution in [0.2, 0.25) is 5.02 Å². The van der Waals surface area contributed by atoms with Crippen LogP contribution in [0.25, 0.3) is 0 Å². The summed E-state index contributed by atoms with van der Waals surface area (Å²) in [6.45, 7) is 0.704. The summed E-state index contributed by atoms with van der Waals surface area (Å²) >= 11 is 11.3. The van der Waals surface area contributed by atoms with E-state index < -0.39 is 0 Å². The fraction of sp³-hybridized carbons (Fsp3) is 0.214. The van der Waals surface area contributed by atoms with E-state index in [2.05, 4.69) is 12.2 Å². The first kappa shape index (κ1) is 11.8. The summed E-state index contributed by atoms with van der Waals surface area (Å²) in [5.74, 6) is 0. The topological polar surface area (TPSA) is 12.5 Å². The molecule has 0 aromatic heterocycles. The fourth-order valence-electron chi connectivity index (χ4n) is 2.23. The fourth-order valence-corrected chi connectivity index (χ4v) is 2.73. The molecule has 1 heterocycles. The molecule has 0 amide bonds. The van der Waals surface area contributed by atoms with Crippen LogP contribution in [-0.2, 0) is 11.3 Å². The van der Waals surface area contributed by atoms with E-state index in [9.17, 15) is 0 Å². The second-order valence-corrected chi connectivity index (χ2v) is 5.13. The summed E-state index contributed by atoms with van der Waals surface area (Å²) in [4.78, 5) is 2.04. The molecule has 92 valence electrons. The second-order valence-electron chi connectivity index (χ2n) is 4.34. The molecule has 1 aliphatic carbocycles. The largest absolute Gasteiger partial charge is 0.461 e. The van der Waals surface area contributed by atoms with Gasteiger partial charge in [-0.05, 0) is 36.0 Å². The maximum atomic E-state index is 6.00. The first-order chi connectivity index (χ1) is 8.74. The van der Waals surface area contributed by atoms with Gasteiger partial charge in [0.05, 0.1) is 12.2 Å². The van der Waals surface area contributed by atoms with Crippen molar-refractivity contribution in [3.05, 3.63) is 58.8 Å². The van der Waals surface area contributed by atoms with E-state index in [4.69, 9.17) is 28.6 Å². The highest BCUT2D eigenvalue weighted by molar-refractivity contribution is 7.80. The highest BCUT2D eigenvalue weighted by atomic mass is 35.5. The third-order valence-corrected chi connectivity index (χ3v) is 3.64. The van der Waals surface area contributed by atoms with E-state index in [0.29, 0.717) is 11.7 Å². The molecule has 1 fully saturated rings. The van der Waals surface area contributed by atoms with E-state index in [0.717, 1.165) is 22.7 Å². The van der Waals surface area contributed by atoms with Crippen molar-refractivity contribution in [1.29, 1.82) is 0 Å². The molecule has 1 aromatic rings. The Bertz CT molecular complexity index is 552. The van der Waals surface area contributed by atoms with Crippen molar-refractivity contribution < 1.29 is 4.74 Å². The van der Waals surface area contributed by atoms with Gasteiger partial charge in [0, 0.05) is 11.4 Å².